The van der Waals surface area contributed by atoms with E-state index in [0.29, 0.717) is 13.0 Å². The zero-order chi connectivity index (χ0) is 15.1. The van der Waals surface area contributed by atoms with E-state index >= 15 is 0 Å². The van der Waals surface area contributed by atoms with Gasteiger partial charge < -0.3 is 20.1 Å². The van der Waals surface area contributed by atoms with Crippen LogP contribution in [-0.4, -0.2) is 48.8 Å². The van der Waals surface area contributed by atoms with Crippen LogP contribution in [0.25, 0.3) is 0 Å². The van der Waals surface area contributed by atoms with Gasteiger partial charge in [-0.15, -0.1) is 0 Å². The number of nitrogens with one attached hydrogen (secondary N) is 1. The largest absolute Gasteiger partial charge is 0.496 e. The first-order valence-corrected chi connectivity index (χ1v) is 6.32. The average molecular weight is 280 g/mol. The molecule has 0 saturated heterocycles. The van der Waals surface area contributed by atoms with Gasteiger partial charge in [0.1, 0.15) is 11.8 Å². The normalized spacial score (nSPS) is 11.6. The summed E-state index contributed by atoms with van der Waals surface area (Å²) in [5, 5.41) is 11.5. The maximum atomic E-state index is 11.8. The maximum Gasteiger partial charge on any atom is 0.326 e. The molecule has 1 atom stereocenters. The van der Waals surface area contributed by atoms with E-state index in [4.69, 9.17) is 9.84 Å². The molecule has 0 spiro atoms. The summed E-state index contributed by atoms with van der Waals surface area (Å²) in [6.45, 7) is 1.87. The number of carbonyl (C=O) groups excluding carboxylic acids is 1. The minimum Gasteiger partial charge on any atom is -0.496 e. The lowest BCUT2D eigenvalue weighted by atomic mass is 10.1. The van der Waals surface area contributed by atoms with Gasteiger partial charge in [0.25, 0.3) is 0 Å². The van der Waals surface area contributed by atoms with Crippen LogP contribution >= 0.6 is 0 Å². The Morgan fingerprint density at radius 3 is 2.65 bits per heavy atom. The summed E-state index contributed by atoms with van der Waals surface area (Å²) in [5.74, 6) is -0.263. The van der Waals surface area contributed by atoms with Gasteiger partial charge in [-0.1, -0.05) is 18.2 Å². The molecule has 110 valence electrons. The van der Waals surface area contributed by atoms with E-state index < -0.39 is 18.0 Å². The zero-order valence-electron chi connectivity index (χ0n) is 11.9. The zero-order valence-corrected chi connectivity index (χ0v) is 11.9. The van der Waals surface area contributed by atoms with Crippen molar-refractivity contribution in [1.82, 2.24) is 10.2 Å². The molecule has 0 radical (unpaired) electrons. The van der Waals surface area contributed by atoms with Crippen molar-refractivity contribution < 1.29 is 19.4 Å². The SMILES string of the molecule is COc1ccccc1CCNC(=O)N(C)C(C)C(=O)O. The van der Waals surface area contributed by atoms with Gasteiger partial charge in [-0.2, -0.15) is 0 Å². The predicted octanol–water partition coefficient (Wildman–Crippen LogP) is 1.35. The van der Waals surface area contributed by atoms with Crippen LogP contribution in [0, 0.1) is 0 Å². The van der Waals surface area contributed by atoms with Gasteiger partial charge in [-0.3, -0.25) is 0 Å². The van der Waals surface area contributed by atoms with E-state index in [1.807, 2.05) is 24.3 Å². The second-order valence-corrected chi connectivity index (χ2v) is 4.42. The highest BCUT2D eigenvalue weighted by Crippen LogP contribution is 2.17. The van der Waals surface area contributed by atoms with Gasteiger partial charge in [0.2, 0.25) is 0 Å². The summed E-state index contributed by atoms with van der Waals surface area (Å²) in [6.07, 6.45) is 0.616. The molecule has 0 bridgehead atoms. The Kier molecular flexibility index (Phi) is 5.83. The summed E-state index contributed by atoms with van der Waals surface area (Å²) >= 11 is 0. The number of carbonyl (C=O) groups is 2. The van der Waals surface area contributed by atoms with Gasteiger partial charge in [0.15, 0.2) is 0 Å². The molecular weight excluding hydrogens is 260 g/mol. The van der Waals surface area contributed by atoms with Crippen LogP contribution in [0.3, 0.4) is 0 Å². The van der Waals surface area contributed by atoms with E-state index in [1.165, 1.54) is 14.0 Å². The maximum absolute atomic E-state index is 11.8. The minimum absolute atomic E-state index is 0.408. The van der Waals surface area contributed by atoms with Gasteiger partial charge in [-0.05, 0) is 25.0 Å². The lowest BCUT2D eigenvalue weighted by Gasteiger charge is -2.21. The first-order chi connectivity index (χ1) is 9.47. The first kappa shape index (κ1) is 15.8. The Labute approximate surface area is 118 Å². The molecule has 0 aliphatic carbocycles. The molecule has 0 aliphatic heterocycles. The number of urea groups is 1. The molecule has 0 aromatic heterocycles. The number of methoxy groups -OCH3 is 1. The van der Waals surface area contributed by atoms with Crippen LogP contribution in [0.1, 0.15) is 12.5 Å². The molecule has 2 amide bonds. The van der Waals surface area contributed by atoms with Gasteiger partial charge in [0, 0.05) is 13.6 Å². The minimum atomic E-state index is -1.03. The quantitative estimate of drug-likeness (QED) is 0.824. The van der Waals surface area contributed by atoms with E-state index in [2.05, 4.69) is 5.32 Å². The van der Waals surface area contributed by atoms with Crippen molar-refractivity contribution in [1.29, 1.82) is 0 Å². The van der Waals surface area contributed by atoms with Gasteiger partial charge >= 0.3 is 12.0 Å². The number of ether oxygens (including phenoxy) is 1. The molecule has 0 heterocycles. The highest BCUT2D eigenvalue weighted by molar-refractivity contribution is 5.82. The number of aliphatic carboxylic acids is 1. The fourth-order valence-electron chi connectivity index (χ4n) is 1.68. The molecule has 20 heavy (non-hydrogen) atoms. The molecule has 0 aliphatic rings. The summed E-state index contributed by atoms with van der Waals surface area (Å²) in [6, 6.07) is 6.29. The van der Waals surface area contributed by atoms with Crippen LogP contribution in [0.4, 0.5) is 4.79 Å². The number of carboxylic acids is 1. The average Bonchev–Trinajstić information content (AvgIpc) is 2.45. The Hall–Kier alpha value is -2.24. The van der Waals surface area contributed by atoms with Crippen LogP contribution in [0.15, 0.2) is 24.3 Å². The number of nitrogens with zero attached hydrogens (tertiary/aromatic N) is 1. The molecule has 6 nitrogen and oxygen atoms in total. The number of likely N-dealkylation sites (N-methyl/N-ethyl adjacent to an activating group) is 1. The highest BCUT2D eigenvalue weighted by atomic mass is 16.5. The monoisotopic (exact) mass is 280 g/mol. The second-order valence-electron chi connectivity index (χ2n) is 4.42. The van der Waals surface area contributed by atoms with E-state index in [9.17, 15) is 9.59 Å². The van der Waals surface area contributed by atoms with Crippen molar-refractivity contribution in [2.75, 3.05) is 20.7 Å². The van der Waals surface area contributed by atoms with Crippen molar-refractivity contribution in [3.05, 3.63) is 29.8 Å². The Bertz CT molecular complexity index is 476. The number of para-hydroxylation sites is 1. The smallest absolute Gasteiger partial charge is 0.326 e. The third-order valence-electron chi connectivity index (χ3n) is 3.12. The molecule has 0 saturated carbocycles. The number of hydrogen-bond acceptors (Lipinski definition) is 3. The lowest BCUT2D eigenvalue weighted by Crippen LogP contribution is -2.46. The fourth-order valence-corrected chi connectivity index (χ4v) is 1.68. The van der Waals surface area contributed by atoms with Gasteiger partial charge in [-0.25, -0.2) is 9.59 Å². The fraction of sp³-hybridized carbons (Fsp3) is 0.429. The van der Waals surface area contributed by atoms with Gasteiger partial charge in [0.05, 0.1) is 7.11 Å². The highest BCUT2D eigenvalue weighted by Gasteiger charge is 2.21. The Morgan fingerprint density at radius 1 is 1.40 bits per heavy atom. The summed E-state index contributed by atoms with van der Waals surface area (Å²) < 4.78 is 5.22. The molecular formula is C14H20N2O4. The number of carboxylic acid groups (broad SMARTS) is 1. The molecule has 6 heteroatoms. The summed E-state index contributed by atoms with van der Waals surface area (Å²) in [5.41, 5.74) is 0.990. The predicted molar refractivity (Wildman–Crippen MR) is 75.0 cm³/mol. The van der Waals surface area contributed by atoms with Crippen LogP contribution in [0.2, 0.25) is 0 Å². The first-order valence-electron chi connectivity index (χ1n) is 6.32. The van der Waals surface area contributed by atoms with E-state index in [1.54, 1.807) is 7.11 Å². The van der Waals surface area contributed by atoms with Crippen LogP contribution in [0.5, 0.6) is 5.75 Å². The second kappa shape index (κ2) is 7.37. The summed E-state index contributed by atoms with van der Waals surface area (Å²) in [7, 11) is 3.05. The van der Waals surface area contributed by atoms with Crippen molar-refractivity contribution >= 4 is 12.0 Å². The number of hydrogen-bond donors (Lipinski definition) is 2. The van der Waals surface area contributed by atoms with E-state index in [0.717, 1.165) is 16.2 Å². The Balaban J connectivity index is 2.48. The molecule has 2 N–H and O–H groups in total. The molecule has 1 rings (SSSR count). The van der Waals surface area contributed by atoms with Crippen LogP contribution in [-0.2, 0) is 11.2 Å². The van der Waals surface area contributed by atoms with Crippen LogP contribution < -0.4 is 10.1 Å². The standard InChI is InChI=1S/C14H20N2O4/c1-10(13(17)18)16(2)14(19)15-9-8-11-6-4-5-7-12(11)20-3/h4-7,10H,8-9H2,1-3H3,(H,15,19)(H,17,18). The third-order valence-corrected chi connectivity index (χ3v) is 3.12. The Morgan fingerprint density at radius 2 is 2.05 bits per heavy atom. The molecule has 1 aromatic carbocycles. The molecule has 1 unspecified atom stereocenters. The molecule has 0 fully saturated rings. The number of rotatable bonds is 6. The van der Waals surface area contributed by atoms with Crippen molar-refractivity contribution in [2.45, 2.75) is 19.4 Å². The van der Waals surface area contributed by atoms with E-state index in [-0.39, 0.29) is 0 Å². The van der Waals surface area contributed by atoms with Crippen molar-refractivity contribution in [3.63, 3.8) is 0 Å². The summed E-state index contributed by atoms with van der Waals surface area (Å²) in [4.78, 5) is 23.7. The number of amides is 2. The third kappa shape index (κ3) is 4.15. The van der Waals surface area contributed by atoms with Crippen molar-refractivity contribution in [2.24, 2.45) is 0 Å². The molecule has 1 aromatic rings. The number of benzene rings is 1. The topological polar surface area (TPSA) is 78.9 Å². The van der Waals surface area contributed by atoms with Crippen molar-refractivity contribution in [3.8, 4) is 5.75 Å². The lowest BCUT2D eigenvalue weighted by molar-refractivity contribution is -0.141.